The number of likely N-dealkylation sites (tertiary alicyclic amines) is 1. The molecule has 2 aromatic carbocycles. The number of hydrogen-bond acceptors (Lipinski definition) is 5. The van der Waals surface area contributed by atoms with Gasteiger partial charge in [-0.15, -0.1) is 0 Å². The molecule has 7 heteroatoms. The van der Waals surface area contributed by atoms with E-state index in [1.165, 1.54) is 6.07 Å². The minimum absolute atomic E-state index is 0.0734. The Hall–Kier alpha value is -2.93. The van der Waals surface area contributed by atoms with Gasteiger partial charge in [0, 0.05) is 31.3 Å². The van der Waals surface area contributed by atoms with Crippen molar-refractivity contribution in [2.45, 2.75) is 25.8 Å². The molecule has 2 aromatic rings. The van der Waals surface area contributed by atoms with Crippen molar-refractivity contribution in [1.29, 1.82) is 0 Å². The molecule has 0 radical (unpaired) electrons. The van der Waals surface area contributed by atoms with Gasteiger partial charge in [0.2, 0.25) is 0 Å². The molecule has 3 rings (SSSR count). The van der Waals surface area contributed by atoms with Crippen LogP contribution in [0.15, 0.2) is 48.5 Å². The van der Waals surface area contributed by atoms with E-state index in [9.17, 15) is 14.9 Å². The number of nitro benzene ring substituents is 1. The fraction of sp³-hybridized carbons (Fsp3) is 0.409. The highest BCUT2D eigenvalue weighted by Gasteiger charge is 2.25. The predicted molar refractivity (Wildman–Crippen MR) is 114 cm³/mol. The van der Waals surface area contributed by atoms with Gasteiger partial charge in [0.15, 0.2) is 0 Å². The summed E-state index contributed by atoms with van der Waals surface area (Å²) in [6.45, 7) is 2.88. The van der Waals surface area contributed by atoms with Crippen LogP contribution < -0.4 is 10.6 Å². The molecular formula is C22H28N4O3. The zero-order chi connectivity index (χ0) is 20.6. The van der Waals surface area contributed by atoms with E-state index in [0.717, 1.165) is 31.4 Å². The Bertz CT molecular complexity index is 833. The van der Waals surface area contributed by atoms with E-state index in [2.05, 4.69) is 10.6 Å². The summed E-state index contributed by atoms with van der Waals surface area (Å²) in [5.74, 6) is 0.500. The Morgan fingerprint density at radius 3 is 2.55 bits per heavy atom. The number of carbonyl (C=O) groups is 1. The van der Waals surface area contributed by atoms with Gasteiger partial charge >= 0.3 is 0 Å². The summed E-state index contributed by atoms with van der Waals surface area (Å²) in [4.78, 5) is 25.8. The lowest BCUT2D eigenvalue weighted by atomic mass is 9.93. The summed E-state index contributed by atoms with van der Waals surface area (Å²) < 4.78 is 0. The van der Waals surface area contributed by atoms with Crippen molar-refractivity contribution in [3.05, 3.63) is 69.8 Å². The third kappa shape index (κ3) is 5.54. The second kappa shape index (κ2) is 10.0. The van der Waals surface area contributed by atoms with E-state index < -0.39 is 4.92 Å². The van der Waals surface area contributed by atoms with Crippen LogP contribution in [0.2, 0.25) is 0 Å². The van der Waals surface area contributed by atoms with Crippen LogP contribution >= 0.6 is 0 Å². The smallest absolute Gasteiger partial charge is 0.293 e. The van der Waals surface area contributed by atoms with Gasteiger partial charge in [0.25, 0.3) is 11.6 Å². The van der Waals surface area contributed by atoms with Crippen LogP contribution in [0.1, 0.15) is 35.2 Å². The van der Waals surface area contributed by atoms with E-state index in [4.69, 9.17) is 0 Å². The number of amides is 1. The molecule has 0 saturated carbocycles. The van der Waals surface area contributed by atoms with Crippen LogP contribution in [0, 0.1) is 16.0 Å². The number of carbonyl (C=O) groups excluding carboxylic acids is 1. The molecule has 0 bridgehead atoms. The summed E-state index contributed by atoms with van der Waals surface area (Å²) in [5, 5.41) is 17.8. The highest BCUT2D eigenvalue weighted by Crippen LogP contribution is 2.28. The molecule has 0 atom stereocenters. The number of nitro groups is 1. The number of benzene rings is 2. The average molecular weight is 396 g/mol. The first-order valence-electron chi connectivity index (χ1n) is 10.1. The van der Waals surface area contributed by atoms with Gasteiger partial charge in [-0.2, -0.15) is 0 Å². The first-order chi connectivity index (χ1) is 14.1. The Morgan fingerprint density at radius 1 is 1.17 bits per heavy atom. The van der Waals surface area contributed by atoms with Gasteiger partial charge in [0.1, 0.15) is 5.69 Å². The summed E-state index contributed by atoms with van der Waals surface area (Å²) in [6.07, 6.45) is 3.07. The second-order valence-corrected chi connectivity index (χ2v) is 7.46. The summed E-state index contributed by atoms with van der Waals surface area (Å²) in [7, 11) is 1.95. The molecule has 0 unspecified atom stereocenters. The second-order valence-electron chi connectivity index (χ2n) is 7.46. The topological polar surface area (TPSA) is 87.5 Å². The van der Waals surface area contributed by atoms with E-state index in [1.54, 1.807) is 12.1 Å². The van der Waals surface area contributed by atoms with E-state index in [-0.39, 0.29) is 11.6 Å². The van der Waals surface area contributed by atoms with Gasteiger partial charge < -0.3 is 15.5 Å². The minimum Gasteiger partial charge on any atom is -0.375 e. The Kier molecular flexibility index (Phi) is 7.19. The van der Waals surface area contributed by atoms with Crippen LogP contribution in [-0.2, 0) is 6.54 Å². The summed E-state index contributed by atoms with van der Waals surface area (Å²) >= 11 is 0. The molecule has 1 amide bonds. The molecule has 2 N–H and O–H groups in total. The van der Waals surface area contributed by atoms with Gasteiger partial charge in [-0.25, -0.2) is 0 Å². The van der Waals surface area contributed by atoms with Gasteiger partial charge in [-0.1, -0.05) is 30.3 Å². The predicted octanol–water partition coefficient (Wildman–Crippen LogP) is 3.67. The first-order valence-corrected chi connectivity index (χ1v) is 10.1. The van der Waals surface area contributed by atoms with E-state index >= 15 is 0 Å². The van der Waals surface area contributed by atoms with Crippen molar-refractivity contribution in [3.8, 4) is 0 Å². The number of nitrogens with zero attached hydrogens (tertiary/aromatic N) is 2. The normalized spacial score (nSPS) is 14.6. The molecule has 154 valence electrons. The van der Waals surface area contributed by atoms with Crippen molar-refractivity contribution in [2.75, 3.05) is 32.0 Å². The SMILES string of the molecule is CNCCC1CCN(C(=O)c2ccc(NCc3ccccc3)c([N+](=O)[O-])c2)CC1. The zero-order valence-corrected chi connectivity index (χ0v) is 16.8. The Balaban J connectivity index is 1.66. The lowest BCUT2D eigenvalue weighted by molar-refractivity contribution is -0.384. The van der Waals surface area contributed by atoms with Crippen LogP contribution in [0.25, 0.3) is 0 Å². The maximum absolute atomic E-state index is 12.9. The van der Waals surface area contributed by atoms with E-state index in [0.29, 0.717) is 36.8 Å². The van der Waals surface area contributed by atoms with Crippen molar-refractivity contribution < 1.29 is 9.72 Å². The van der Waals surface area contributed by atoms with Crippen LogP contribution in [0.3, 0.4) is 0 Å². The largest absolute Gasteiger partial charge is 0.375 e. The molecule has 1 fully saturated rings. The zero-order valence-electron chi connectivity index (χ0n) is 16.8. The molecule has 1 aliphatic heterocycles. The molecule has 0 spiro atoms. The molecule has 0 aromatic heterocycles. The quantitative estimate of drug-likeness (QED) is 0.525. The molecule has 29 heavy (non-hydrogen) atoms. The maximum Gasteiger partial charge on any atom is 0.293 e. The number of nitrogens with one attached hydrogen (secondary N) is 2. The first kappa shape index (κ1) is 20.8. The standard InChI is InChI=1S/C22H28N4O3/c1-23-12-9-17-10-13-25(14-11-17)22(27)19-7-8-20(21(15-19)26(28)29)24-16-18-5-3-2-4-6-18/h2-8,15,17,23-24H,9-14,16H2,1H3. The fourth-order valence-electron chi connectivity index (χ4n) is 3.71. The number of rotatable bonds is 8. The third-order valence-electron chi connectivity index (χ3n) is 5.47. The lowest BCUT2D eigenvalue weighted by Gasteiger charge is -2.32. The summed E-state index contributed by atoms with van der Waals surface area (Å²) in [6, 6.07) is 14.4. The fourth-order valence-corrected chi connectivity index (χ4v) is 3.71. The number of piperidine rings is 1. The average Bonchev–Trinajstić information content (AvgIpc) is 2.76. The van der Waals surface area contributed by atoms with Gasteiger partial charge in [-0.3, -0.25) is 14.9 Å². The van der Waals surface area contributed by atoms with Crippen molar-refractivity contribution in [3.63, 3.8) is 0 Å². The van der Waals surface area contributed by atoms with Crippen LogP contribution in [-0.4, -0.2) is 42.4 Å². The van der Waals surface area contributed by atoms with Crippen molar-refractivity contribution in [2.24, 2.45) is 5.92 Å². The highest BCUT2D eigenvalue weighted by atomic mass is 16.6. The van der Waals surface area contributed by atoms with Crippen LogP contribution in [0.5, 0.6) is 0 Å². The monoisotopic (exact) mass is 396 g/mol. The maximum atomic E-state index is 12.9. The Labute approximate surface area is 171 Å². The number of anilines is 1. The highest BCUT2D eigenvalue weighted by molar-refractivity contribution is 5.95. The molecule has 1 heterocycles. The molecule has 0 aliphatic carbocycles. The minimum atomic E-state index is -0.436. The van der Waals surface area contributed by atoms with Gasteiger partial charge in [0.05, 0.1) is 4.92 Å². The van der Waals surface area contributed by atoms with Gasteiger partial charge in [-0.05, 0) is 56.5 Å². The van der Waals surface area contributed by atoms with Crippen molar-refractivity contribution >= 4 is 17.3 Å². The molecular weight excluding hydrogens is 368 g/mol. The Morgan fingerprint density at radius 2 is 1.90 bits per heavy atom. The van der Waals surface area contributed by atoms with E-state index in [1.807, 2.05) is 42.3 Å². The molecule has 1 saturated heterocycles. The molecule has 7 nitrogen and oxygen atoms in total. The number of hydrogen-bond donors (Lipinski definition) is 2. The van der Waals surface area contributed by atoms with Crippen LogP contribution in [0.4, 0.5) is 11.4 Å². The summed E-state index contributed by atoms with van der Waals surface area (Å²) in [5.41, 5.74) is 1.75. The lowest BCUT2D eigenvalue weighted by Crippen LogP contribution is -2.39. The molecule has 1 aliphatic rings. The third-order valence-corrected chi connectivity index (χ3v) is 5.47. The van der Waals surface area contributed by atoms with Crippen molar-refractivity contribution in [1.82, 2.24) is 10.2 Å².